The number of carbonyl (C=O) groups is 15. The number of pyridine rings is 1. The maximum Gasteiger partial charge on any atom is 0.369 e. The molecule has 42 heteroatoms. The van der Waals surface area contributed by atoms with Crippen LogP contribution in [0.5, 0.6) is 0 Å². The number of amides is 11. The van der Waals surface area contributed by atoms with Crippen molar-refractivity contribution in [2.45, 2.75) is 255 Å². The third-order valence-electron chi connectivity index (χ3n) is 22.0. The lowest BCUT2D eigenvalue weighted by molar-refractivity contribution is -0.140. The van der Waals surface area contributed by atoms with Crippen LogP contribution in [0.4, 0.5) is 16.2 Å². The Morgan fingerprint density at radius 2 is 1.24 bits per heavy atom. The number of ketones is 4. The van der Waals surface area contributed by atoms with Crippen molar-refractivity contribution in [1.29, 1.82) is 5.41 Å². The lowest BCUT2D eigenvalue weighted by Gasteiger charge is -2.36. The molecule has 1 aliphatic carbocycles. The number of unbranched alkanes of at least 4 members (excludes halogenated alkanes) is 3. The molecule has 2 aliphatic rings. The van der Waals surface area contributed by atoms with E-state index in [0.717, 1.165) is 41.7 Å². The van der Waals surface area contributed by atoms with Crippen molar-refractivity contribution in [2.24, 2.45) is 17.1 Å². The number of nitrogens with two attached hydrogens (primary N) is 1. The Bertz CT molecular complexity index is 4340. The number of imide groups is 1. The molecule has 0 bridgehead atoms. The first-order chi connectivity index (χ1) is 63.4. The van der Waals surface area contributed by atoms with E-state index < -0.39 is 103 Å². The van der Waals surface area contributed by atoms with E-state index in [0.29, 0.717) is 146 Å². The number of nitrogens with one attached hydrogen (secondary N) is 9. The fourth-order valence-electron chi connectivity index (χ4n) is 14.5. The number of para-hydroxylation sites is 1. The van der Waals surface area contributed by atoms with E-state index in [1.165, 1.54) is 17.8 Å². The summed E-state index contributed by atoms with van der Waals surface area (Å²) in [5.41, 5.74) is 8.29. The molecule has 4 atom stereocenters. The molecule has 1 aliphatic heterocycles. The van der Waals surface area contributed by atoms with Crippen LogP contribution in [0.3, 0.4) is 0 Å². The zero-order valence-corrected chi connectivity index (χ0v) is 79.3. The highest BCUT2D eigenvalue weighted by atomic mass is 32.2. The molecule has 740 valence electrons. The summed E-state index contributed by atoms with van der Waals surface area (Å²) in [6.07, 6.45) is 13.8. The van der Waals surface area contributed by atoms with Gasteiger partial charge in [-0.05, 0) is 176 Å². The summed E-state index contributed by atoms with van der Waals surface area (Å²) in [6.45, 7) is 9.62. The average molecular weight is 1930 g/mol. The van der Waals surface area contributed by atoms with Gasteiger partial charge < -0.3 is 102 Å². The summed E-state index contributed by atoms with van der Waals surface area (Å²) in [5, 5.41) is 45.5. The van der Waals surface area contributed by atoms with Gasteiger partial charge in [0.1, 0.15) is 23.4 Å². The molecular formula is C91H138N12O27P2S. The molecule has 39 nitrogen and oxygen atoms in total. The van der Waals surface area contributed by atoms with Gasteiger partial charge in [0.25, 0.3) is 5.08 Å². The van der Waals surface area contributed by atoms with E-state index in [1.807, 2.05) is 45.0 Å². The number of carboxylic acid groups (broad SMARTS) is 1. The summed E-state index contributed by atoms with van der Waals surface area (Å²) >= 11 is 1.24. The van der Waals surface area contributed by atoms with Crippen LogP contribution in [0.25, 0.3) is 6.08 Å². The topological polar surface area (TPSA) is 611 Å². The molecule has 3 aromatic rings. The minimum Gasteiger partial charge on any atom is -0.481 e. The second-order valence-electron chi connectivity index (χ2n) is 32.9. The summed E-state index contributed by atoms with van der Waals surface area (Å²) in [4.78, 5) is 232. The molecule has 0 spiro atoms. The number of ether oxygens (including phenoxy) is 4. The molecule has 1 saturated carbocycles. The van der Waals surface area contributed by atoms with Crippen molar-refractivity contribution in [1.82, 2.24) is 41.8 Å². The van der Waals surface area contributed by atoms with Gasteiger partial charge >= 0.3 is 27.2 Å². The van der Waals surface area contributed by atoms with Crippen molar-refractivity contribution in [3.63, 3.8) is 0 Å². The van der Waals surface area contributed by atoms with Gasteiger partial charge in [0.05, 0.1) is 56.3 Å². The third kappa shape index (κ3) is 47.9. The number of likely N-dealkylation sites (tertiary alicyclic amines) is 1. The standard InChI is InChI=1S/C51H68N6O10.C40H70N6O17P2S/c1-3-66-31-32-67-30-29-54-49(64)51(25-8-4-9-26-51)35-45(59)44(17-11-18-47(61)62)56-48(63)40(15-7-10-28-53-46(60)24-21-39-14-12-27-52-36-39)34-42(58)33-38-19-22-41(23-20-38)55-50(65)57-43-16-6-5-13-37(43)2;1-2-9-30(47)14-16-34(49)44-21-24-63-26-25-62-23-7-12-31(48)15-17-36(51)45-32(38(42)53)13-4-6-20-43-35(50)18-22-46-37(52)28-33(39(46)54)66-27-8-11-29(41)10-3-5-19-40(55,64(56,57)58)65(59,60)61/h5-6,12-14,16,19-24,27,36,40,44H,3-4,7-11,15,17-18,25-26,28-35H2,1-2H3,(H,53,60)(H,54,64)(H,56,63)(H,61,62)(H2,55,57,65);32-33,41,55H,2-28H2,1H3,(H2,42,53)(H,43,50)(H,44,49)(H,45,51)(H2,56,57,58)(H2,59,60,61)/b24-21+;/t40-,44+;32-,33?/m10/s1. The first-order valence-electron chi connectivity index (χ1n) is 45.6. The summed E-state index contributed by atoms with van der Waals surface area (Å²) in [7, 11) is -11.1. The summed E-state index contributed by atoms with van der Waals surface area (Å²) in [6, 6.07) is 15.4. The van der Waals surface area contributed by atoms with Crippen molar-refractivity contribution in [2.75, 3.05) is 102 Å². The SMILES string of the molecule is CCCC(=O)CCC(=O)NCCOCCOCCCC(=O)CCC(=O)N[C@@H](CCCCNC(=O)CCN1C(=O)CC(SCCCC(=N)CCCCC(O)(P(=O)(O)O)P(=O)(O)O)C1=O)C(N)=O.CCOCCOCCNC(=O)C1(CC(=O)[C@H](CCCC(=O)O)NC(=O)[C@H](CCCCNC(=O)/C=C/c2cccnc2)CC(=O)Cc2ccc(NC(=O)Nc3ccccc3C)cc2)CCCCC1. The lowest BCUT2D eigenvalue weighted by Crippen LogP contribution is -2.49. The Balaban J connectivity index is 0.000000556. The van der Waals surface area contributed by atoms with Crippen LogP contribution in [0, 0.1) is 23.7 Å². The van der Waals surface area contributed by atoms with Crippen LogP contribution in [-0.4, -0.2) is 247 Å². The highest BCUT2D eigenvalue weighted by molar-refractivity contribution is 8.00. The number of hydrogen-bond donors (Lipinski definition) is 16. The number of aryl methyl sites for hydroxylation is 1. The number of rotatable bonds is 70. The second-order valence-corrected chi connectivity index (χ2v) is 38.2. The molecule has 1 unspecified atom stereocenters. The first kappa shape index (κ1) is 116. The fourth-order valence-corrected chi connectivity index (χ4v) is 17.9. The van der Waals surface area contributed by atoms with Gasteiger partial charge in [-0.1, -0.05) is 69.0 Å². The van der Waals surface area contributed by atoms with Gasteiger partial charge in [-0.15, -0.1) is 11.8 Å². The Morgan fingerprint density at radius 1 is 0.624 bits per heavy atom. The number of urea groups is 1. The number of thioether (sulfide) groups is 1. The van der Waals surface area contributed by atoms with E-state index in [9.17, 15) is 111 Å². The molecule has 1 saturated heterocycles. The van der Waals surface area contributed by atoms with Crippen LogP contribution in [0.15, 0.2) is 79.1 Å². The minimum atomic E-state index is -5.54. The molecular weight excluding hydrogens is 1790 g/mol. The van der Waals surface area contributed by atoms with E-state index in [2.05, 4.69) is 47.5 Å². The minimum absolute atomic E-state index is 0.00888. The number of nitrogens with zero attached hydrogens (tertiary/aromatic N) is 2. The Kier molecular flexibility index (Phi) is 55.9. The largest absolute Gasteiger partial charge is 0.481 e. The van der Waals surface area contributed by atoms with Gasteiger partial charge in [0.15, 0.2) is 5.78 Å². The number of anilines is 2. The van der Waals surface area contributed by atoms with Crippen molar-refractivity contribution >= 4 is 138 Å². The maximum atomic E-state index is 14.3. The lowest BCUT2D eigenvalue weighted by atomic mass is 9.69. The molecule has 5 rings (SSSR count). The number of primary amides is 1. The van der Waals surface area contributed by atoms with Gasteiger partial charge in [0, 0.05) is 164 Å². The molecule has 2 fully saturated rings. The zero-order valence-electron chi connectivity index (χ0n) is 76.7. The third-order valence-corrected chi connectivity index (χ3v) is 27.2. The molecule has 17 N–H and O–H groups in total. The van der Waals surface area contributed by atoms with Gasteiger partial charge in [-0.25, -0.2) is 4.79 Å². The molecule has 0 radical (unpaired) electrons. The predicted molar refractivity (Wildman–Crippen MR) is 498 cm³/mol. The van der Waals surface area contributed by atoms with E-state index >= 15 is 0 Å². The molecule has 1 aromatic heterocycles. The smallest absolute Gasteiger partial charge is 0.369 e. The number of carboxylic acids is 1. The van der Waals surface area contributed by atoms with Crippen molar-refractivity contribution in [3.05, 3.63) is 95.8 Å². The van der Waals surface area contributed by atoms with Crippen LogP contribution in [0.1, 0.15) is 236 Å². The number of aliphatic carboxylic acids is 1. The first-order valence-corrected chi connectivity index (χ1v) is 49.9. The van der Waals surface area contributed by atoms with Gasteiger partial charge in [-0.2, -0.15) is 0 Å². The number of hydrogen-bond acceptors (Lipinski definition) is 25. The maximum absolute atomic E-state index is 14.3. The molecule has 11 amide bonds. The van der Waals surface area contributed by atoms with Crippen LogP contribution >= 0.6 is 27.0 Å². The quantitative estimate of drug-likeness (QED) is 0.00831. The Labute approximate surface area is 781 Å². The number of aromatic nitrogens is 1. The average Bonchev–Trinajstić information content (AvgIpc) is 1.16. The number of aliphatic hydroxyl groups is 1. The number of carbonyl (C=O) groups excluding carboxylic acids is 14. The van der Waals surface area contributed by atoms with Crippen molar-refractivity contribution < 1.29 is 130 Å². The predicted octanol–water partition coefficient (Wildman–Crippen LogP) is 8.25. The normalized spacial score (nSPS) is 14.4. The van der Waals surface area contributed by atoms with Gasteiger partial charge in [0.2, 0.25) is 53.2 Å². The van der Waals surface area contributed by atoms with Crippen LogP contribution in [-0.2, 0) is 102 Å². The molecule has 2 heterocycles. The Morgan fingerprint density at radius 3 is 1.89 bits per heavy atom. The molecule has 133 heavy (non-hydrogen) atoms. The zero-order chi connectivity index (χ0) is 98.0. The fraction of sp³-hybridized carbons (Fsp3) is 0.615. The van der Waals surface area contributed by atoms with E-state index in [-0.39, 0.29) is 188 Å². The van der Waals surface area contributed by atoms with Gasteiger partial charge in [-0.3, -0.25) is 86.1 Å². The highest BCUT2D eigenvalue weighted by Gasteiger charge is 2.58. The van der Waals surface area contributed by atoms with Crippen molar-refractivity contribution in [3.8, 4) is 0 Å². The second kappa shape index (κ2) is 64.3. The number of Topliss-reactive ketones (excluding diaryl/α,β-unsaturated/α-hetero) is 4. The Hall–Kier alpha value is -9.70. The van der Waals surface area contributed by atoms with E-state index in [1.54, 1.807) is 54.9 Å². The summed E-state index contributed by atoms with van der Waals surface area (Å²) < 4.78 is 44.6. The van der Waals surface area contributed by atoms with Crippen LogP contribution in [0.2, 0.25) is 0 Å². The monoisotopic (exact) mass is 1920 g/mol. The highest BCUT2D eigenvalue weighted by Crippen LogP contribution is 2.69. The van der Waals surface area contributed by atoms with Crippen LogP contribution < -0.4 is 48.3 Å². The number of benzene rings is 2. The summed E-state index contributed by atoms with van der Waals surface area (Å²) in [5.74, 6) is -5.85. The molecule has 2 aromatic carbocycles. The van der Waals surface area contributed by atoms with E-state index in [4.69, 9.17) is 30.1 Å².